The number of H-pyrrole nitrogens is 1. The molecule has 0 bridgehead atoms. The molecule has 4 aromatic rings. The molecule has 0 spiro atoms. The second-order valence-corrected chi connectivity index (χ2v) is 8.98. The Hall–Kier alpha value is -4.38. The van der Waals surface area contributed by atoms with Crippen LogP contribution in [0.1, 0.15) is 17.4 Å². The molecule has 35 heavy (non-hydrogen) atoms. The molecule has 3 aromatic carbocycles. The first-order chi connectivity index (χ1) is 16.8. The number of rotatable bonds is 8. The van der Waals surface area contributed by atoms with Crippen molar-refractivity contribution in [1.82, 2.24) is 10.2 Å². The van der Waals surface area contributed by atoms with Gasteiger partial charge in [-0.2, -0.15) is 5.10 Å². The Morgan fingerprint density at radius 1 is 1.00 bits per heavy atom. The van der Waals surface area contributed by atoms with Crippen LogP contribution in [0, 0.1) is 0 Å². The fraction of sp³-hybridized carbons (Fsp3) is 0.125. The lowest BCUT2D eigenvalue weighted by Crippen LogP contribution is -2.20. The van der Waals surface area contributed by atoms with E-state index >= 15 is 0 Å². The molecule has 4 rings (SSSR count). The summed E-state index contributed by atoms with van der Waals surface area (Å²) in [5.74, 6) is 0.0839. The van der Waals surface area contributed by atoms with Crippen molar-refractivity contribution in [2.24, 2.45) is 0 Å². The number of nitrogens with one attached hydrogen (secondary N) is 3. The summed E-state index contributed by atoms with van der Waals surface area (Å²) in [4.78, 5) is 24.7. The molecule has 1 amide bonds. The van der Waals surface area contributed by atoms with Crippen molar-refractivity contribution in [3.63, 3.8) is 0 Å². The van der Waals surface area contributed by atoms with Crippen LogP contribution in [0.15, 0.2) is 76.4 Å². The molecule has 3 N–H and O–H groups in total. The van der Waals surface area contributed by atoms with Crippen molar-refractivity contribution in [2.75, 3.05) is 23.8 Å². The fourth-order valence-corrected chi connectivity index (χ4v) is 4.69. The first kappa shape index (κ1) is 23.8. The van der Waals surface area contributed by atoms with Crippen molar-refractivity contribution >= 4 is 38.1 Å². The van der Waals surface area contributed by atoms with Crippen LogP contribution in [0.4, 0.5) is 11.4 Å². The van der Waals surface area contributed by atoms with Gasteiger partial charge in [-0.25, -0.2) is 13.5 Å². The Kier molecular flexibility index (Phi) is 6.69. The average molecular weight is 495 g/mol. The summed E-state index contributed by atoms with van der Waals surface area (Å²) in [6, 6.07) is 17.2. The van der Waals surface area contributed by atoms with Crippen LogP contribution >= 0.6 is 0 Å². The number of carbonyl (C=O) groups excluding carboxylic acids is 1. The number of methoxy groups -OCH3 is 1. The van der Waals surface area contributed by atoms with E-state index in [1.54, 1.807) is 48.5 Å². The van der Waals surface area contributed by atoms with Crippen LogP contribution in [0.5, 0.6) is 11.5 Å². The molecule has 10 nitrogen and oxygen atoms in total. The van der Waals surface area contributed by atoms with Gasteiger partial charge in [-0.1, -0.05) is 18.2 Å². The predicted octanol–water partition coefficient (Wildman–Crippen LogP) is 3.38. The van der Waals surface area contributed by atoms with Gasteiger partial charge in [-0.15, -0.1) is 0 Å². The van der Waals surface area contributed by atoms with Gasteiger partial charge >= 0.3 is 0 Å². The third-order valence-electron chi connectivity index (χ3n) is 5.04. The van der Waals surface area contributed by atoms with E-state index in [4.69, 9.17) is 9.47 Å². The zero-order chi connectivity index (χ0) is 25.0. The van der Waals surface area contributed by atoms with Gasteiger partial charge in [0.25, 0.3) is 21.5 Å². The van der Waals surface area contributed by atoms with E-state index in [1.807, 2.05) is 6.92 Å². The van der Waals surface area contributed by atoms with E-state index < -0.39 is 21.5 Å². The number of hydrogen-bond acceptors (Lipinski definition) is 7. The van der Waals surface area contributed by atoms with E-state index in [0.717, 1.165) is 0 Å². The lowest BCUT2D eigenvalue weighted by molar-refractivity contribution is 0.102. The molecule has 0 unspecified atom stereocenters. The lowest BCUT2D eigenvalue weighted by atomic mass is 10.1. The third kappa shape index (κ3) is 5.09. The highest BCUT2D eigenvalue weighted by Gasteiger charge is 2.22. The summed E-state index contributed by atoms with van der Waals surface area (Å²) >= 11 is 0. The molecule has 0 atom stereocenters. The van der Waals surface area contributed by atoms with E-state index in [2.05, 4.69) is 20.2 Å². The molecule has 0 saturated heterocycles. The maximum absolute atomic E-state index is 13.1. The molecule has 1 aromatic heterocycles. The molecule has 1 heterocycles. The minimum Gasteiger partial charge on any atom is -0.495 e. The number of ether oxygens (including phenoxy) is 2. The number of hydrogen-bond donors (Lipinski definition) is 3. The molecule has 0 aliphatic heterocycles. The number of aromatic nitrogens is 2. The summed E-state index contributed by atoms with van der Waals surface area (Å²) < 4.78 is 39.3. The molecule has 0 aliphatic rings. The van der Waals surface area contributed by atoms with Gasteiger partial charge in [0, 0.05) is 16.8 Å². The Bertz CT molecular complexity index is 1550. The summed E-state index contributed by atoms with van der Waals surface area (Å²) in [5, 5.41) is 9.48. The van der Waals surface area contributed by atoms with Crippen LogP contribution in [0.3, 0.4) is 0 Å². The van der Waals surface area contributed by atoms with Gasteiger partial charge in [0.05, 0.1) is 19.1 Å². The highest BCUT2D eigenvalue weighted by molar-refractivity contribution is 7.92. The third-order valence-corrected chi connectivity index (χ3v) is 6.44. The maximum atomic E-state index is 13.1. The Labute approximate surface area is 201 Å². The van der Waals surface area contributed by atoms with Gasteiger partial charge < -0.3 is 14.8 Å². The summed E-state index contributed by atoms with van der Waals surface area (Å²) in [7, 11) is -2.73. The molecule has 180 valence electrons. The predicted molar refractivity (Wildman–Crippen MR) is 132 cm³/mol. The minimum absolute atomic E-state index is 0.00654. The van der Waals surface area contributed by atoms with E-state index in [1.165, 1.54) is 25.3 Å². The Balaban J connectivity index is 1.63. The SMILES string of the molecule is CCOc1ccc(NS(=O)(=O)c2cc(NC(=O)c3n[nH]c(=O)c4ccccc34)ccc2OC)cc1. The standard InChI is InChI=1S/C24H22N4O6S/c1-3-34-17-11-8-15(9-12-17)28-35(31,32)21-14-16(10-13-20(21)33-2)25-24(30)22-18-6-4-5-7-19(18)23(29)27-26-22/h4-14,28H,3H2,1-2H3,(H,25,30)(H,27,29). The van der Waals surface area contributed by atoms with Crippen LogP contribution in [0.2, 0.25) is 0 Å². The van der Waals surface area contributed by atoms with Crippen LogP contribution < -0.4 is 25.1 Å². The van der Waals surface area contributed by atoms with Gasteiger partial charge in [0.15, 0.2) is 5.69 Å². The Morgan fingerprint density at radius 3 is 2.37 bits per heavy atom. The smallest absolute Gasteiger partial charge is 0.276 e. The minimum atomic E-state index is -4.07. The average Bonchev–Trinajstić information content (AvgIpc) is 2.85. The maximum Gasteiger partial charge on any atom is 0.276 e. The lowest BCUT2D eigenvalue weighted by Gasteiger charge is -2.14. The fourth-order valence-electron chi connectivity index (χ4n) is 3.44. The first-order valence-electron chi connectivity index (χ1n) is 10.5. The molecule has 0 radical (unpaired) electrons. The van der Waals surface area contributed by atoms with Gasteiger partial charge in [0.2, 0.25) is 0 Å². The zero-order valence-corrected chi connectivity index (χ0v) is 19.7. The van der Waals surface area contributed by atoms with Crippen LogP contribution in [-0.2, 0) is 10.0 Å². The number of anilines is 2. The van der Waals surface area contributed by atoms with E-state index in [9.17, 15) is 18.0 Å². The van der Waals surface area contributed by atoms with Gasteiger partial charge in [0.1, 0.15) is 16.4 Å². The highest BCUT2D eigenvalue weighted by atomic mass is 32.2. The zero-order valence-electron chi connectivity index (χ0n) is 18.9. The van der Waals surface area contributed by atoms with Crippen LogP contribution in [0.25, 0.3) is 10.8 Å². The first-order valence-corrected chi connectivity index (χ1v) is 12.0. The number of fused-ring (bicyclic) bond motifs is 1. The molecular weight excluding hydrogens is 472 g/mol. The Morgan fingerprint density at radius 2 is 1.69 bits per heavy atom. The number of carbonyl (C=O) groups is 1. The van der Waals surface area contributed by atoms with E-state index in [-0.39, 0.29) is 22.0 Å². The molecule has 0 aliphatic carbocycles. The normalized spacial score (nSPS) is 11.1. The second-order valence-electron chi connectivity index (χ2n) is 7.33. The van der Waals surface area contributed by atoms with Crippen molar-refractivity contribution in [2.45, 2.75) is 11.8 Å². The van der Waals surface area contributed by atoms with Gasteiger partial charge in [-0.3, -0.25) is 14.3 Å². The highest BCUT2D eigenvalue weighted by Crippen LogP contribution is 2.29. The van der Waals surface area contributed by atoms with Crippen molar-refractivity contribution in [3.05, 3.63) is 82.8 Å². The largest absolute Gasteiger partial charge is 0.495 e. The number of benzene rings is 3. The molecule has 0 saturated carbocycles. The van der Waals surface area contributed by atoms with Crippen molar-refractivity contribution in [3.8, 4) is 11.5 Å². The summed E-state index contributed by atoms with van der Waals surface area (Å²) in [5.41, 5.74) is 0.0945. The summed E-state index contributed by atoms with van der Waals surface area (Å²) in [6.45, 7) is 2.34. The molecule has 0 fully saturated rings. The quantitative estimate of drug-likeness (QED) is 0.341. The number of nitrogens with zero attached hydrogens (tertiary/aromatic N) is 1. The summed E-state index contributed by atoms with van der Waals surface area (Å²) in [6.07, 6.45) is 0. The molecule has 11 heteroatoms. The second kappa shape index (κ2) is 9.85. The van der Waals surface area contributed by atoms with E-state index in [0.29, 0.717) is 28.8 Å². The van der Waals surface area contributed by atoms with Crippen molar-refractivity contribution in [1.29, 1.82) is 0 Å². The topological polar surface area (TPSA) is 139 Å². The number of amides is 1. The number of sulfonamides is 1. The van der Waals surface area contributed by atoms with Gasteiger partial charge in [-0.05, 0) is 55.5 Å². The number of aromatic amines is 1. The monoisotopic (exact) mass is 494 g/mol. The van der Waals surface area contributed by atoms with Crippen molar-refractivity contribution < 1.29 is 22.7 Å². The molecular formula is C24H22N4O6S. The van der Waals surface area contributed by atoms with Crippen LogP contribution in [-0.4, -0.2) is 38.2 Å².